The number of benzene rings is 2. The molecule has 8 heteroatoms. The maximum atomic E-state index is 12.9. The first-order valence-electron chi connectivity index (χ1n) is 7.83. The lowest BCUT2D eigenvalue weighted by molar-refractivity contribution is -0.384. The summed E-state index contributed by atoms with van der Waals surface area (Å²) in [5.41, 5.74) is 4.73. The van der Waals surface area contributed by atoms with Crippen LogP contribution in [0.25, 0.3) is 5.70 Å². The van der Waals surface area contributed by atoms with Crippen LogP contribution in [0.4, 0.5) is 11.4 Å². The van der Waals surface area contributed by atoms with Gasteiger partial charge in [-0.15, -0.1) is 0 Å². The third-order valence-corrected chi connectivity index (χ3v) is 4.33. The average molecular weight is 351 g/mol. The quantitative estimate of drug-likeness (QED) is 0.516. The van der Waals surface area contributed by atoms with Crippen LogP contribution in [0, 0.1) is 17.0 Å². The Hall–Kier alpha value is -3.52. The van der Waals surface area contributed by atoms with E-state index in [1.165, 1.54) is 18.2 Å². The molecule has 0 unspecified atom stereocenters. The molecule has 2 aliphatic heterocycles. The average Bonchev–Trinajstić information content (AvgIpc) is 3.17. The molecule has 2 aromatic rings. The molecule has 26 heavy (non-hydrogen) atoms. The van der Waals surface area contributed by atoms with E-state index in [9.17, 15) is 19.7 Å². The molecule has 2 aromatic carbocycles. The first-order chi connectivity index (χ1) is 12.5. The monoisotopic (exact) mass is 351 g/mol. The molecule has 0 radical (unpaired) electrons. The molecule has 0 saturated carbocycles. The normalized spacial score (nSPS) is 19.0. The van der Waals surface area contributed by atoms with Crippen molar-refractivity contribution in [2.45, 2.75) is 13.0 Å². The lowest BCUT2D eigenvalue weighted by atomic mass is 10.0. The molecule has 1 N–H and O–H groups in total. The molecule has 0 aromatic heterocycles. The zero-order chi connectivity index (χ0) is 18.4. The van der Waals surface area contributed by atoms with Crippen LogP contribution >= 0.6 is 0 Å². The van der Waals surface area contributed by atoms with E-state index < -0.39 is 22.8 Å². The Labute approximate surface area is 147 Å². The Morgan fingerprint density at radius 3 is 2.58 bits per heavy atom. The number of nitrogens with one attached hydrogen (secondary N) is 1. The third-order valence-electron chi connectivity index (χ3n) is 4.33. The number of hydroxylamine groups is 1. The maximum Gasteiger partial charge on any atom is 0.270 e. The smallest absolute Gasteiger partial charge is 0.270 e. The van der Waals surface area contributed by atoms with Gasteiger partial charge in [0.15, 0.2) is 6.10 Å². The summed E-state index contributed by atoms with van der Waals surface area (Å²) in [6.45, 7) is 1.90. The van der Waals surface area contributed by atoms with E-state index in [-0.39, 0.29) is 17.0 Å². The number of aryl methyl sites for hydroxylation is 1. The fourth-order valence-electron chi connectivity index (χ4n) is 3.02. The van der Waals surface area contributed by atoms with Crippen molar-refractivity contribution in [3.63, 3.8) is 0 Å². The molecule has 0 aliphatic carbocycles. The summed E-state index contributed by atoms with van der Waals surface area (Å²) in [5, 5.41) is 11.0. The highest BCUT2D eigenvalue weighted by molar-refractivity contribution is 6.33. The number of amides is 2. The Morgan fingerprint density at radius 1 is 1.15 bits per heavy atom. The van der Waals surface area contributed by atoms with E-state index in [4.69, 9.17) is 4.84 Å². The number of fused-ring (bicyclic) bond motifs is 1. The van der Waals surface area contributed by atoms with Crippen LogP contribution in [-0.4, -0.2) is 22.8 Å². The third kappa shape index (κ3) is 2.35. The van der Waals surface area contributed by atoms with Gasteiger partial charge in [0.1, 0.15) is 0 Å². The van der Waals surface area contributed by atoms with Crippen molar-refractivity contribution in [1.29, 1.82) is 0 Å². The molecular weight excluding hydrogens is 338 g/mol. The van der Waals surface area contributed by atoms with E-state index in [2.05, 4.69) is 5.48 Å². The fourth-order valence-corrected chi connectivity index (χ4v) is 3.02. The Bertz CT molecular complexity index is 981. The molecule has 1 saturated heterocycles. The number of non-ortho nitro benzene ring substituents is 1. The molecule has 0 bridgehead atoms. The zero-order valence-electron chi connectivity index (χ0n) is 13.6. The van der Waals surface area contributed by atoms with Gasteiger partial charge in [-0.1, -0.05) is 29.8 Å². The molecule has 130 valence electrons. The van der Waals surface area contributed by atoms with Gasteiger partial charge in [0.05, 0.1) is 21.9 Å². The molecule has 1 fully saturated rings. The number of carbonyl (C=O) groups is 2. The Kier molecular flexibility index (Phi) is 3.55. The molecular formula is C18H13N3O5. The van der Waals surface area contributed by atoms with Crippen LogP contribution in [0.15, 0.2) is 54.1 Å². The number of nitro benzene ring substituents is 1. The van der Waals surface area contributed by atoms with Crippen LogP contribution in [0.2, 0.25) is 0 Å². The standard InChI is InChI=1S/C18H13N3O5/c1-10-5-7-12(8-6-10)20-17(22)14-15(19-26-16(14)18(20)23)11-3-2-4-13(9-11)21(24)25/h2-9,16,19H,1H3/t16-/m0/s1. The van der Waals surface area contributed by atoms with Crippen molar-refractivity contribution >= 4 is 28.9 Å². The molecule has 8 nitrogen and oxygen atoms in total. The van der Waals surface area contributed by atoms with E-state index in [1.807, 2.05) is 6.92 Å². The summed E-state index contributed by atoms with van der Waals surface area (Å²) < 4.78 is 0. The van der Waals surface area contributed by atoms with Gasteiger partial charge in [-0.05, 0) is 19.1 Å². The van der Waals surface area contributed by atoms with Crippen LogP contribution in [-0.2, 0) is 14.4 Å². The highest BCUT2D eigenvalue weighted by Gasteiger charge is 2.50. The number of nitrogens with zero attached hydrogens (tertiary/aromatic N) is 2. The van der Waals surface area contributed by atoms with E-state index in [0.29, 0.717) is 11.3 Å². The molecule has 0 spiro atoms. The maximum absolute atomic E-state index is 12.9. The molecule has 2 aliphatic rings. The second-order valence-electron chi connectivity index (χ2n) is 6.01. The lowest BCUT2D eigenvalue weighted by Crippen LogP contribution is -2.34. The topological polar surface area (TPSA) is 102 Å². The lowest BCUT2D eigenvalue weighted by Gasteiger charge is -2.15. The Balaban J connectivity index is 1.78. The van der Waals surface area contributed by atoms with E-state index in [1.54, 1.807) is 30.3 Å². The molecule has 2 heterocycles. The molecule has 1 atom stereocenters. The second kappa shape index (κ2) is 5.78. The minimum atomic E-state index is -1.07. The van der Waals surface area contributed by atoms with Crippen molar-refractivity contribution in [2.24, 2.45) is 0 Å². The SMILES string of the molecule is Cc1ccc(N2C(=O)C3=C(c4cccc([N+](=O)[O-])c4)NO[C@@H]3C2=O)cc1. The van der Waals surface area contributed by atoms with Crippen molar-refractivity contribution in [1.82, 2.24) is 5.48 Å². The number of carbonyl (C=O) groups excluding carboxylic acids is 2. The zero-order valence-corrected chi connectivity index (χ0v) is 13.6. The second-order valence-corrected chi connectivity index (χ2v) is 6.01. The van der Waals surface area contributed by atoms with Crippen molar-refractivity contribution < 1.29 is 19.3 Å². The molecule has 4 rings (SSSR count). The number of hydrogen-bond donors (Lipinski definition) is 1. The van der Waals surface area contributed by atoms with Gasteiger partial charge in [-0.3, -0.25) is 30.0 Å². The summed E-state index contributed by atoms with van der Waals surface area (Å²) in [6.07, 6.45) is -1.07. The van der Waals surface area contributed by atoms with E-state index >= 15 is 0 Å². The van der Waals surface area contributed by atoms with Crippen LogP contribution in [0.3, 0.4) is 0 Å². The van der Waals surface area contributed by atoms with Crippen molar-refractivity contribution in [3.8, 4) is 0 Å². The van der Waals surface area contributed by atoms with E-state index in [0.717, 1.165) is 10.5 Å². The number of nitro groups is 1. The van der Waals surface area contributed by atoms with Crippen LogP contribution in [0.5, 0.6) is 0 Å². The minimum Gasteiger partial charge on any atom is -0.270 e. The van der Waals surface area contributed by atoms with Crippen molar-refractivity contribution in [3.05, 3.63) is 75.3 Å². The number of rotatable bonds is 3. The van der Waals surface area contributed by atoms with Crippen LogP contribution < -0.4 is 10.4 Å². The van der Waals surface area contributed by atoms with Gasteiger partial charge < -0.3 is 0 Å². The summed E-state index contributed by atoms with van der Waals surface area (Å²) in [4.78, 5) is 42.3. The largest absolute Gasteiger partial charge is 0.270 e. The Morgan fingerprint density at radius 2 is 1.88 bits per heavy atom. The highest BCUT2D eigenvalue weighted by Crippen LogP contribution is 2.36. The number of anilines is 1. The summed E-state index contributed by atoms with van der Waals surface area (Å²) in [6, 6.07) is 12.8. The number of imide groups is 1. The van der Waals surface area contributed by atoms with Gasteiger partial charge in [-0.2, -0.15) is 0 Å². The van der Waals surface area contributed by atoms with Gasteiger partial charge in [-0.25, -0.2) is 4.90 Å². The summed E-state index contributed by atoms with van der Waals surface area (Å²) >= 11 is 0. The number of hydrogen-bond acceptors (Lipinski definition) is 6. The van der Waals surface area contributed by atoms with Gasteiger partial charge in [0.25, 0.3) is 17.5 Å². The first kappa shape index (κ1) is 16.0. The minimum absolute atomic E-state index is 0.118. The predicted molar refractivity (Wildman–Crippen MR) is 91.7 cm³/mol. The van der Waals surface area contributed by atoms with Crippen LogP contribution in [0.1, 0.15) is 11.1 Å². The van der Waals surface area contributed by atoms with Gasteiger partial charge >= 0.3 is 0 Å². The van der Waals surface area contributed by atoms with Crippen molar-refractivity contribution in [2.75, 3.05) is 4.90 Å². The predicted octanol–water partition coefficient (Wildman–Crippen LogP) is 2.09. The molecule has 2 amide bonds. The van der Waals surface area contributed by atoms with Gasteiger partial charge in [0.2, 0.25) is 0 Å². The first-order valence-corrected chi connectivity index (χ1v) is 7.83. The fraction of sp³-hybridized carbons (Fsp3) is 0.111. The summed E-state index contributed by atoms with van der Waals surface area (Å²) in [7, 11) is 0. The van der Waals surface area contributed by atoms with Gasteiger partial charge in [0, 0.05) is 17.7 Å². The highest BCUT2D eigenvalue weighted by atomic mass is 16.7. The summed E-state index contributed by atoms with van der Waals surface area (Å²) in [5.74, 6) is -1.00.